The Morgan fingerprint density at radius 3 is 2.28 bits per heavy atom. The molecular formula is C26H29F5N2O2S. The average molecular weight is 529 g/mol. The monoisotopic (exact) mass is 528 g/mol. The molecule has 0 bridgehead atoms. The van der Waals surface area contributed by atoms with Crippen molar-refractivity contribution < 1.29 is 30.4 Å². The molecule has 0 amide bonds. The number of rotatable bonds is 7. The minimum atomic E-state index is -4.56. The Morgan fingerprint density at radius 1 is 1.06 bits per heavy atom. The van der Waals surface area contributed by atoms with Gasteiger partial charge in [0.2, 0.25) is 10.0 Å². The highest BCUT2D eigenvalue weighted by atomic mass is 32.2. The molecular weight excluding hydrogens is 499 g/mol. The maximum Gasteiger partial charge on any atom is 0.417 e. The van der Waals surface area contributed by atoms with Gasteiger partial charge in [0, 0.05) is 29.2 Å². The van der Waals surface area contributed by atoms with E-state index in [-0.39, 0.29) is 16.5 Å². The second-order valence-electron chi connectivity index (χ2n) is 10.6. The standard InChI is InChI=1S/C26H29F5N2O2S/c1-25(2,3)15-33-14-20(23(24(27)28)32-36(34,35)17-7-6-8-17)19-12-11-16(13-22(19)33)18-9-4-5-10-21(18)26(29,30)31/h4-5,9-14,17,23-24,32H,6-8,15H2,1-3H3/t23-/m0/s1. The molecule has 0 aliphatic heterocycles. The molecule has 1 aromatic heterocycles. The lowest BCUT2D eigenvalue weighted by Crippen LogP contribution is -2.42. The normalized spacial score (nSPS) is 16.5. The van der Waals surface area contributed by atoms with E-state index in [0.29, 0.717) is 35.9 Å². The van der Waals surface area contributed by atoms with Gasteiger partial charge in [-0.1, -0.05) is 57.5 Å². The van der Waals surface area contributed by atoms with Crippen molar-refractivity contribution >= 4 is 20.9 Å². The molecule has 2 aromatic carbocycles. The van der Waals surface area contributed by atoms with Crippen molar-refractivity contribution in [1.29, 1.82) is 0 Å². The zero-order chi connectivity index (χ0) is 26.5. The molecule has 1 N–H and O–H groups in total. The van der Waals surface area contributed by atoms with Crippen LogP contribution in [0.15, 0.2) is 48.7 Å². The fourth-order valence-corrected chi connectivity index (χ4v) is 6.29. The van der Waals surface area contributed by atoms with E-state index < -0.39 is 39.5 Å². The first-order valence-electron chi connectivity index (χ1n) is 11.8. The van der Waals surface area contributed by atoms with E-state index in [4.69, 9.17) is 0 Å². The number of halogens is 5. The largest absolute Gasteiger partial charge is 0.417 e. The lowest BCUT2D eigenvalue weighted by molar-refractivity contribution is -0.137. The Hall–Kier alpha value is -2.46. The third kappa shape index (κ3) is 5.44. The fourth-order valence-electron chi connectivity index (χ4n) is 4.56. The molecule has 1 atom stereocenters. The van der Waals surface area contributed by atoms with Crippen LogP contribution in [0.2, 0.25) is 0 Å². The van der Waals surface area contributed by atoms with Crippen LogP contribution in [0.25, 0.3) is 22.0 Å². The molecule has 0 spiro atoms. The van der Waals surface area contributed by atoms with Crippen molar-refractivity contribution in [2.75, 3.05) is 0 Å². The Morgan fingerprint density at radius 2 is 1.72 bits per heavy atom. The van der Waals surface area contributed by atoms with Gasteiger partial charge in [0.25, 0.3) is 6.43 Å². The molecule has 196 valence electrons. The Kier molecular flexibility index (Phi) is 6.98. The summed E-state index contributed by atoms with van der Waals surface area (Å²) in [7, 11) is -3.95. The van der Waals surface area contributed by atoms with Gasteiger partial charge in [-0.15, -0.1) is 0 Å². The molecule has 1 saturated carbocycles. The van der Waals surface area contributed by atoms with Gasteiger partial charge in [0.15, 0.2) is 0 Å². The summed E-state index contributed by atoms with van der Waals surface area (Å²) in [6, 6.07) is 7.94. The second-order valence-corrected chi connectivity index (χ2v) is 12.6. The third-order valence-electron chi connectivity index (χ3n) is 6.47. The summed E-state index contributed by atoms with van der Waals surface area (Å²) in [6.07, 6.45) is -4.49. The van der Waals surface area contributed by atoms with E-state index in [1.807, 2.05) is 20.8 Å². The van der Waals surface area contributed by atoms with Crippen LogP contribution in [-0.4, -0.2) is 24.7 Å². The summed E-state index contributed by atoms with van der Waals surface area (Å²) in [4.78, 5) is 0. The summed E-state index contributed by atoms with van der Waals surface area (Å²) in [5, 5.41) is -0.318. The highest BCUT2D eigenvalue weighted by Crippen LogP contribution is 2.40. The van der Waals surface area contributed by atoms with E-state index >= 15 is 0 Å². The van der Waals surface area contributed by atoms with Gasteiger partial charge in [-0.3, -0.25) is 0 Å². The van der Waals surface area contributed by atoms with Crippen LogP contribution in [0.3, 0.4) is 0 Å². The summed E-state index contributed by atoms with van der Waals surface area (Å²) in [5.41, 5.74) is -0.246. The van der Waals surface area contributed by atoms with Crippen molar-refractivity contribution in [1.82, 2.24) is 9.29 Å². The Labute approximate surface area is 207 Å². The van der Waals surface area contributed by atoms with Crippen LogP contribution in [0.5, 0.6) is 0 Å². The quantitative estimate of drug-likeness (QED) is 0.331. The number of hydrogen-bond acceptors (Lipinski definition) is 2. The van der Waals surface area contributed by atoms with Crippen molar-refractivity contribution in [3.05, 3.63) is 59.8 Å². The summed E-state index contributed by atoms with van der Waals surface area (Å²) in [6.45, 7) is 6.24. The van der Waals surface area contributed by atoms with E-state index in [0.717, 1.165) is 12.5 Å². The zero-order valence-electron chi connectivity index (χ0n) is 20.2. The van der Waals surface area contributed by atoms with Gasteiger partial charge >= 0.3 is 6.18 Å². The molecule has 1 heterocycles. The molecule has 10 heteroatoms. The van der Waals surface area contributed by atoms with Crippen LogP contribution < -0.4 is 4.72 Å². The summed E-state index contributed by atoms with van der Waals surface area (Å²) in [5.74, 6) is 0. The molecule has 0 unspecified atom stereocenters. The van der Waals surface area contributed by atoms with E-state index in [1.165, 1.54) is 36.5 Å². The smallest absolute Gasteiger partial charge is 0.347 e. The van der Waals surface area contributed by atoms with Crippen molar-refractivity contribution in [2.24, 2.45) is 5.41 Å². The SMILES string of the molecule is CC(C)(C)Cn1cc([C@H](NS(=O)(=O)C2CCC2)C(F)F)c2ccc(-c3ccccc3C(F)(F)F)cc21. The van der Waals surface area contributed by atoms with Crippen molar-refractivity contribution in [3.63, 3.8) is 0 Å². The maximum absolute atomic E-state index is 14.2. The van der Waals surface area contributed by atoms with Crippen LogP contribution in [-0.2, 0) is 22.7 Å². The predicted molar refractivity (Wildman–Crippen MR) is 130 cm³/mol. The first-order chi connectivity index (χ1) is 16.7. The van der Waals surface area contributed by atoms with E-state index in [2.05, 4.69) is 4.72 Å². The van der Waals surface area contributed by atoms with Gasteiger partial charge in [-0.05, 0) is 41.5 Å². The molecule has 1 aliphatic rings. The first-order valence-corrected chi connectivity index (χ1v) is 13.3. The van der Waals surface area contributed by atoms with Crippen LogP contribution in [0, 0.1) is 5.41 Å². The Balaban J connectivity index is 1.87. The van der Waals surface area contributed by atoms with Crippen LogP contribution in [0.1, 0.15) is 57.2 Å². The van der Waals surface area contributed by atoms with Crippen molar-refractivity contribution in [3.8, 4) is 11.1 Å². The summed E-state index contributed by atoms with van der Waals surface area (Å²) >= 11 is 0. The van der Waals surface area contributed by atoms with Gasteiger partial charge in [-0.2, -0.15) is 13.2 Å². The molecule has 36 heavy (non-hydrogen) atoms. The van der Waals surface area contributed by atoms with E-state index in [9.17, 15) is 30.4 Å². The lowest BCUT2D eigenvalue weighted by atomic mass is 9.96. The molecule has 0 radical (unpaired) electrons. The number of hydrogen-bond donors (Lipinski definition) is 1. The minimum Gasteiger partial charge on any atom is -0.347 e. The average Bonchev–Trinajstić information content (AvgIpc) is 3.05. The lowest BCUT2D eigenvalue weighted by Gasteiger charge is -2.28. The second kappa shape index (κ2) is 9.45. The van der Waals surface area contributed by atoms with Gasteiger partial charge in [0.05, 0.1) is 10.8 Å². The molecule has 3 aromatic rings. The number of fused-ring (bicyclic) bond motifs is 1. The Bertz CT molecular complexity index is 1350. The number of aromatic nitrogens is 1. The summed E-state index contributed by atoms with van der Waals surface area (Å²) < 4.78 is 98.7. The number of alkyl halides is 5. The highest BCUT2D eigenvalue weighted by Gasteiger charge is 2.37. The van der Waals surface area contributed by atoms with Crippen LogP contribution in [0.4, 0.5) is 22.0 Å². The topological polar surface area (TPSA) is 51.1 Å². The molecule has 4 rings (SSSR count). The first kappa shape index (κ1) is 26.6. The van der Waals surface area contributed by atoms with Gasteiger partial charge in [0.1, 0.15) is 6.04 Å². The molecule has 1 aliphatic carbocycles. The maximum atomic E-state index is 14.2. The number of sulfonamides is 1. The molecule has 1 fully saturated rings. The number of nitrogens with one attached hydrogen (secondary N) is 1. The minimum absolute atomic E-state index is 0.0203. The molecule has 4 nitrogen and oxygen atoms in total. The van der Waals surface area contributed by atoms with Gasteiger partial charge < -0.3 is 4.57 Å². The number of nitrogens with zero attached hydrogens (tertiary/aromatic N) is 1. The predicted octanol–water partition coefficient (Wildman–Crippen LogP) is 7.15. The van der Waals surface area contributed by atoms with Gasteiger partial charge in [-0.25, -0.2) is 21.9 Å². The van der Waals surface area contributed by atoms with E-state index in [1.54, 1.807) is 10.6 Å². The highest BCUT2D eigenvalue weighted by molar-refractivity contribution is 7.90. The zero-order valence-corrected chi connectivity index (χ0v) is 21.1. The third-order valence-corrected chi connectivity index (χ3v) is 8.40. The van der Waals surface area contributed by atoms with Crippen LogP contribution >= 0.6 is 0 Å². The molecule has 0 saturated heterocycles. The number of benzene rings is 2. The fraction of sp³-hybridized carbons (Fsp3) is 0.462. The van der Waals surface area contributed by atoms with Crippen molar-refractivity contribution in [2.45, 2.75) is 70.5 Å².